The van der Waals surface area contributed by atoms with E-state index in [0.29, 0.717) is 18.7 Å². The van der Waals surface area contributed by atoms with Gasteiger partial charge >= 0.3 is 5.97 Å². The first-order valence-electron chi connectivity index (χ1n) is 10.8. The number of carbonyl (C=O) groups excluding carboxylic acids is 1. The second kappa shape index (κ2) is 9.25. The molecule has 0 saturated carbocycles. The highest BCUT2D eigenvalue weighted by molar-refractivity contribution is 6.30. The fourth-order valence-corrected chi connectivity index (χ4v) is 4.48. The van der Waals surface area contributed by atoms with Gasteiger partial charge in [-0.05, 0) is 50.1 Å². The first-order valence-corrected chi connectivity index (χ1v) is 11.1. The van der Waals surface area contributed by atoms with Crippen molar-refractivity contribution in [2.24, 2.45) is 0 Å². The van der Waals surface area contributed by atoms with Crippen LogP contribution in [0.25, 0.3) is 10.9 Å². The molecule has 0 N–H and O–H groups in total. The van der Waals surface area contributed by atoms with Gasteiger partial charge < -0.3 is 9.64 Å². The van der Waals surface area contributed by atoms with E-state index in [-0.39, 0.29) is 5.97 Å². The van der Waals surface area contributed by atoms with E-state index >= 15 is 0 Å². The maximum absolute atomic E-state index is 12.8. The first kappa shape index (κ1) is 21.6. The molecule has 1 saturated heterocycles. The van der Waals surface area contributed by atoms with Gasteiger partial charge in [-0.2, -0.15) is 0 Å². The van der Waals surface area contributed by atoms with E-state index in [4.69, 9.17) is 21.3 Å². The summed E-state index contributed by atoms with van der Waals surface area (Å²) in [5.74, 6) is -0.290. The average Bonchev–Trinajstić information content (AvgIpc) is 2.76. The van der Waals surface area contributed by atoms with Crippen LogP contribution in [-0.2, 0) is 11.3 Å². The topological polar surface area (TPSA) is 45.7 Å². The molecule has 2 aromatic carbocycles. The lowest BCUT2D eigenvalue weighted by atomic mass is 10.0. The van der Waals surface area contributed by atoms with E-state index in [1.165, 1.54) is 11.3 Å². The van der Waals surface area contributed by atoms with Crippen LogP contribution in [0.4, 0.5) is 5.69 Å². The molecule has 1 aliphatic heterocycles. The van der Waals surface area contributed by atoms with Crippen molar-refractivity contribution in [3.05, 3.63) is 69.9 Å². The number of esters is 1. The third-order valence-electron chi connectivity index (χ3n) is 5.96. The summed E-state index contributed by atoms with van der Waals surface area (Å²) >= 11 is 6.22. The monoisotopic (exact) mass is 437 g/mol. The number of aryl methyl sites for hydroxylation is 2. The molecule has 0 spiro atoms. The normalized spacial score (nSPS) is 14.8. The molecule has 5 nitrogen and oxygen atoms in total. The summed E-state index contributed by atoms with van der Waals surface area (Å²) in [5, 5.41) is 1.76. The predicted molar refractivity (Wildman–Crippen MR) is 126 cm³/mol. The number of benzene rings is 2. The Balaban J connectivity index is 1.57. The standard InChI is InChI=1S/C25H28ClN3O2/c1-4-31-25(30)24-18(3)20-7-5-6-8-21(20)27-22(24)16-28-11-13-29(14-12-28)23-15-19(26)10-9-17(23)2/h5-10,15H,4,11-14,16H2,1-3H3. The molecule has 0 radical (unpaired) electrons. The van der Waals surface area contributed by atoms with E-state index < -0.39 is 0 Å². The van der Waals surface area contributed by atoms with Crippen LogP contribution < -0.4 is 4.90 Å². The van der Waals surface area contributed by atoms with Gasteiger partial charge in [0.25, 0.3) is 0 Å². The molecule has 2 heterocycles. The molecule has 162 valence electrons. The third kappa shape index (κ3) is 4.53. The van der Waals surface area contributed by atoms with Gasteiger partial charge in [-0.3, -0.25) is 9.88 Å². The van der Waals surface area contributed by atoms with Crippen LogP contribution in [0.1, 0.15) is 34.1 Å². The lowest BCUT2D eigenvalue weighted by Crippen LogP contribution is -2.46. The smallest absolute Gasteiger partial charge is 0.340 e. The van der Waals surface area contributed by atoms with Gasteiger partial charge in [0.2, 0.25) is 0 Å². The van der Waals surface area contributed by atoms with Crippen molar-refractivity contribution in [2.45, 2.75) is 27.3 Å². The number of nitrogens with zero attached hydrogens (tertiary/aromatic N) is 3. The molecule has 4 rings (SSSR count). The number of aromatic nitrogens is 1. The molecule has 1 fully saturated rings. The first-order chi connectivity index (χ1) is 15.0. The van der Waals surface area contributed by atoms with E-state index in [9.17, 15) is 4.79 Å². The SMILES string of the molecule is CCOC(=O)c1c(CN2CCN(c3cc(Cl)ccc3C)CC2)nc2ccccc2c1C. The molecule has 0 unspecified atom stereocenters. The van der Waals surface area contributed by atoms with Gasteiger partial charge in [-0.1, -0.05) is 35.9 Å². The Labute approximate surface area is 188 Å². The highest BCUT2D eigenvalue weighted by atomic mass is 35.5. The van der Waals surface area contributed by atoms with Gasteiger partial charge in [0.1, 0.15) is 0 Å². The zero-order valence-corrected chi connectivity index (χ0v) is 19.1. The molecule has 1 aliphatic rings. The lowest BCUT2D eigenvalue weighted by Gasteiger charge is -2.37. The molecular weight excluding hydrogens is 410 g/mol. The van der Waals surface area contributed by atoms with Gasteiger partial charge in [-0.25, -0.2) is 4.79 Å². The highest BCUT2D eigenvalue weighted by Gasteiger charge is 2.24. The summed E-state index contributed by atoms with van der Waals surface area (Å²) in [7, 11) is 0. The van der Waals surface area contributed by atoms with Crippen molar-refractivity contribution < 1.29 is 9.53 Å². The molecule has 0 bridgehead atoms. The van der Waals surface area contributed by atoms with Gasteiger partial charge in [0.15, 0.2) is 0 Å². The number of para-hydroxylation sites is 1. The summed E-state index contributed by atoms with van der Waals surface area (Å²) in [6, 6.07) is 14.0. The number of hydrogen-bond donors (Lipinski definition) is 0. The largest absolute Gasteiger partial charge is 0.462 e. The molecule has 31 heavy (non-hydrogen) atoms. The fourth-order valence-electron chi connectivity index (χ4n) is 4.31. The minimum absolute atomic E-state index is 0.290. The number of hydrogen-bond acceptors (Lipinski definition) is 5. The maximum Gasteiger partial charge on any atom is 0.340 e. The van der Waals surface area contributed by atoms with Crippen LogP contribution in [0, 0.1) is 13.8 Å². The molecule has 0 atom stereocenters. The highest BCUT2D eigenvalue weighted by Crippen LogP contribution is 2.27. The number of rotatable bonds is 5. The van der Waals surface area contributed by atoms with Crippen LogP contribution >= 0.6 is 11.6 Å². The average molecular weight is 438 g/mol. The predicted octanol–water partition coefficient (Wildman–Crippen LogP) is 5.00. The number of ether oxygens (including phenoxy) is 1. The van der Waals surface area contributed by atoms with E-state index in [2.05, 4.69) is 22.8 Å². The molecule has 6 heteroatoms. The van der Waals surface area contributed by atoms with Crippen LogP contribution in [0.5, 0.6) is 0 Å². The molecule has 0 amide bonds. The van der Waals surface area contributed by atoms with Gasteiger partial charge in [-0.15, -0.1) is 0 Å². The minimum atomic E-state index is -0.290. The number of anilines is 1. The van der Waals surface area contributed by atoms with Gasteiger partial charge in [0.05, 0.1) is 23.4 Å². The van der Waals surface area contributed by atoms with Crippen molar-refractivity contribution in [1.29, 1.82) is 0 Å². The fraction of sp³-hybridized carbons (Fsp3) is 0.360. The second-order valence-corrected chi connectivity index (χ2v) is 8.43. The van der Waals surface area contributed by atoms with E-state index in [1.54, 1.807) is 0 Å². The maximum atomic E-state index is 12.8. The Kier molecular flexibility index (Phi) is 6.44. The Hall–Kier alpha value is -2.63. The Morgan fingerprint density at radius 3 is 2.58 bits per heavy atom. The van der Waals surface area contributed by atoms with Crippen molar-refractivity contribution in [2.75, 3.05) is 37.7 Å². The summed E-state index contributed by atoms with van der Waals surface area (Å²) in [4.78, 5) is 22.4. The van der Waals surface area contributed by atoms with E-state index in [1.807, 2.05) is 50.2 Å². The molecule has 0 aliphatic carbocycles. The van der Waals surface area contributed by atoms with Crippen LogP contribution in [0.2, 0.25) is 5.02 Å². The second-order valence-electron chi connectivity index (χ2n) is 7.99. The summed E-state index contributed by atoms with van der Waals surface area (Å²) in [5.41, 5.74) is 5.67. The number of carbonyl (C=O) groups is 1. The lowest BCUT2D eigenvalue weighted by molar-refractivity contribution is 0.0522. The molecular formula is C25H28ClN3O2. The van der Waals surface area contributed by atoms with Crippen LogP contribution in [0.3, 0.4) is 0 Å². The van der Waals surface area contributed by atoms with Crippen molar-refractivity contribution >= 4 is 34.2 Å². The molecule has 3 aromatic rings. The van der Waals surface area contributed by atoms with Crippen molar-refractivity contribution in [3.63, 3.8) is 0 Å². The number of piperazine rings is 1. The van der Waals surface area contributed by atoms with Crippen molar-refractivity contribution in [3.8, 4) is 0 Å². The summed E-state index contributed by atoms with van der Waals surface area (Å²) < 4.78 is 5.37. The van der Waals surface area contributed by atoms with Crippen molar-refractivity contribution in [1.82, 2.24) is 9.88 Å². The summed E-state index contributed by atoms with van der Waals surface area (Å²) in [6.07, 6.45) is 0. The number of halogens is 1. The molecule has 1 aromatic heterocycles. The van der Waals surface area contributed by atoms with Crippen LogP contribution in [-0.4, -0.2) is 48.6 Å². The number of pyridine rings is 1. The van der Waals surface area contributed by atoms with E-state index in [0.717, 1.165) is 53.4 Å². The zero-order valence-electron chi connectivity index (χ0n) is 18.3. The minimum Gasteiger partial charge on any atom is -0.462 e. The third-order valence-corrected chi connectivity index (χ3v) is 6.20. The summed E-state index contributed by atoms with van der Waals surface area (Å²) in [6.45, 7) is 10.5. The zero-order chi connectivity index (χ0) is 22.0. The quantitative estimate of drug-likeness (QED) is 0.525. The van der Waals surface area contributed by atoms with Crippen LogP contribution in [0.15, 0.2) is 42.5 Å². The number of fused-ring (bicyclic) bond motifs is 1. The van der Waals surface area contributed by atoms with Gasteiger partial charge in [0, 0.05) is 48.8 Å². The Morgan fingerprint density at radius 2 is 1.84 bits per heavy atom. The Morgan fingerprint density at radius 1 is 1.10 bits per heavy atom. The Bertz CT molecular complexity index is 1110.